The SMILES string of the molecule is FC1(F)OC=CO1. The summed E-state index contributed by atoms with van der Waals surface area (Å²) in [7, 11) is 0. The minimum absolute atomic E-state index is 0.792. The Balaban J connectivity index is 2.49. The minimum Gasteiger partial charge on any atom is -0.404 e. The molecule has 4 heteroatoms. The smallest absolute Gasteiger partial charge is 0.404 e. The van der Waals surface area contributed by atoms with E-state index in [1.54, 1.807) is 0 Å². The lowest BCUT2D eigenvalue weighted by molar-refractivity contribution is -0.329. The Hall–Kier alpha value is -0.800. The van der Waals surface area contributed by atoms with Gasteiger partial charge in [0.15, 0.2) is 0 Å². The molecule has 0 unspecified atom stereocenters. The predicted molar refractivity (Wildman–Crippen MR) is 16.3 cm³/mol. The van der Waals surface area contributed by atoms with E-state index >= 15 is 0 Å². The molecule has 1 aliphatic heterocycles. The topological polar surface area (TPSA) is 18.5 Å². The molecule has 0 amide bonds. The number of hydrogen-bond donors (Lipinski definition) is 0. The maximum Gasteiger partial charge on any atom is 0.585 e. The highest BCUT2D eigenvalue weighted by atomic mass is 19.3. The largest absolute Gasteiger partial charge is 0.585 e. The Morgan fingerprint density at radius 3 is 1.71 bits per heavy atom. The number of ether oxygens (including phenoxy) is 2. The van der Waals surface area contributed by atoms with Gasteiger partial charge in [0.1, 0.15) is 12.5 Å². The van der Waals surface area contributed by atoms with Gasteiger partial charge in [-0.3, -0.25) is 0 Å². The molecule has 0 aliphatic carbocycles. The van der Waals surface area contributed by atoms with Crippen LogP contribution in [-0.4, -0.2) is 6.29 Å². The highest BCUT2D eigenvalue weighted by molar-refractivity contribution is 4.69. The summed E-state index contributed by atoms with van der Waals surface area (Å²) in [4.78, 5) is 0. The zero-order valence-corrected chi connectivity index (χ0v) is 3.23. The van der Waals surface area contributed by atoms with Gasteiger partial charge in [-0.05, 0) is 0 Å². The Kier molecular flexibility index (Phi) is 0.675. The fraction of sp³-hybridized carbons (Fsp3) is 0.333. The lowest BCUT2D eigenvalue weighted by Crippen LogP contribution is -2.14. The van der Waals surface area contributed by atoms with Gasteiger partial charge in [-0.15, -0.1) is 8.78 Å². The van der Waals surface area contributed by atoms with Crippen LogP contribution in [0.3, 0.4) is 0 Å². The predicted octanol–water partition coefficient (Wildman–Crippen LogP) is 1.05. The van der Waals surface area contributed by atoms with Gasteiger partial charge >= 0.3 is 6.29 Å². The summed E-state index contributed by atoms with van der Waals surface area (Å²) in [6.45, 7) is 0. The maximum atomic E-state index is 11.4. The second-order valence-electron chi connectivity index (χ2n) is 0.971. The van der Waals surface area contributed by atoms with Crippen molar-refractivity contribution in [3.8, 4) is 0 Å². The molecule has 0 bridgehead atoms. The van der Waals surface area contributed by atoms with E-state index in [1.165, 1.54) is 0 Å². The summed E-state index contributed by atoms with van der Waals surface area (Å²) in [5.41, 5.74) is 0. The number of halogens is 2. The summed E-state index contributed by atoms with van der Waals surface area (Å²) in [5, 5.41) is 0. The average molecular weight is 108 g/mol. The van der Waals surface area contributed by atoms with Crippen molar-refractivity contribution >= 4 is 0 Å². The molecule has 0 saturated heterocycles. The maximum absolute atomic E-state index is 11.4. The van der Waals surface area contributed by atoms with E-state index < -0.39 is 6.29 Å². The third-order valence-corrected chi connectivity index (χ3v) is 0.466. The molecule has 0 radical (unpaired) electrons. The van der Waals surface area contributed by atoms with E-state index in [9.17, 15) is 8.78 Å². The van der Waals surface area contributed by atoms with Crippen molar-refractivity contribution in [2.75, 3.05) is 0 Å². The fourth-order valence-corrected chi connectivity index (χ4v) is 0.242. The van der Waals surface area contributed by atoms with Crippen LogP contribution in [0.25, 0.3) is 0 Å². The molecule has 40 valence electrons. The molecule has 0 saturated carbocycles. The van der Waals surface area contributed by atoms with Gasteiger partial charge in [-0.2, -0.15) is 0 Å². The highest BCUT2D eigenvalue weighted by Gasteiger charge is 2.35. The summed E-state index contributed by atoms with van der Waals surface area (Å²) >= 11 is 0. The van der Waals surface area contributed by atoms with Crippen LogP contribution in [0.15, 0.2) is 12.5 Å². The molecule has 0 aromatic rings. The standard InChI is InChI=1S/C3H2F2O2/c4-3(5)6-1-2-7-3/h1-2H. The van der Waals surface area contributed by atoms with Crippen LogP contribution < -0.4 is 0 Å². The summed E-state index contributed by atoms with van der Waals surface area (Å²) < 4.78 is 30.1. The minimum atomic E-state index is -3.42. The van der Waals surface area contributed by atoms with Crippen molar-refractivity contribution in [1.29, 1.82) is 0 Å². The monoisotopic (exact) mass is 108 g/mol. The molecular weight excluding hydrogens is 106 g/mol. The van der Waals surface area contributed by atoms with Crippen molar-refractivity contribution in [1.82, 2.24) is 0 Å². The molecule has 1 rings (SSSR count). The second-order valence-corrected chi connectivity index (χ2v) is 0.971. The molecule has 7 heavy (non-hydrogen) atoms. The van der Waals surface area contributed by atoms with Crippen LogP contribution in [0.1, 0.15) is 0 Å². The molecule has 0 N–H and O–H groups in total. The quantitative estimate of drug-likeness (QED) is 0.461. The van der Waals surface area contributed by atoms with Gasteiger partial charge in [0.05, 0.1) is 0 Å². The van der Waals surface area contributed by atoms with Gasteiger partial charge in [0.2, 0.25) is 0 Å². The number of rotatable bonds is 0. The second kappa shape index (κ2) is 1.08. The molecule has 0 aromatic heterocycles. The van der Waals surface area contributed by atoms with E-state index in [2.05, 4.69) is 9.47 Å². The molecule has 0 aromatic carbocycles. The van der Waals surface area contributed by atoms with Gasteiger partial charge in [0.25, 0.3) is 0 Å². The molecule has 0 atom stereocenters. The van der Waals surface area contributed by atoms with Crippen molar-refractivity contribution < 1.29 is 18.3 Å². The van der Waals surface area contributed by atoms with Crippen molar-refractivity contribution in [3.63, 3.8) is 0 Å². The van der Waals surface area contributed by atoms with Gasteiger partial charge in [-0.25, -0.2) is 0 Å². The molecule has 1 heterocycles. The van der Waals surface area contributed by atoms with E-state index in [1.807, 2.05) is 0 Å². The van der Waals surface area contributed by atoms with Crippen LogP contribution in [0.4, 0.5) is 8.78 Å². The zero-order chi connectivity index (χ0) is 5.33. The summed E-state index contributed by atoms with van der Waals surface area (Å²) in [6.07, 6.45) is -1.83. The van der Waals surface area contributed by atoms with Gasteiger partial charge in [-0.1, -0.05) is 0 Å². The van der Waals surface area contributed by atoms with Crippen LogP contribution in [-0.2, 0) is 9.47 Å². The average Bonchev–Trinajstić information content (AvgIpc) is 1.84. The Bertz CT molecular complexity index is 89.1. The Morgan fingerprint density at radius 1 is 1.14 bits per heavy atom. The van der Waals surface area contributed by atoms with Crippen LogP contribution in [0.2, 0.25) is 0 Å². The van der Waals surface area contributed by atoms with E-state index in [0.29, 0.717) is 0 Å². The van der Waals surface area contributed by atoms with Gasteiger partial charge < -0.3 is 9.47 Å². The molecule has 0 spiro atoms. The summed E-state index contributed by atoms with van der Waals surface area (Å²) in [6, 6.07) is 0. The molecule has 0 fully saturated rings. The molecular formula is C3H2F2O2. The van der Waals surface area contributed by atoms with E-state index in [4.69, 9.17) is 0 Å². The first-order chi connectivity index (χ1) is 3.21. The van der Waals surface area contributed by atoms with Crippen molar-refractivity contribution in [3.05, 3.63) is 12.5 Å². The Morgan fingerprint density at radius 2 is 1.57 bits per heavy atom. The molecule has 2 nitrogen and oxygen atoms in total. The lowest BCUT2D eigenvalue weighted by Gasteiger charge is -2.03. The lowest BCUT2D eigenvalue weighted by atomic mass is 11.1. The first-order valence-corrected chi connectivity index (χ1v) is 1.59. The highest BCUT2D eigenvalue weighted by Crippen LogP contribution is 2.21. The zero-order valence-electron chi connectivity index (χ0n) is 3.23. The van der Waals surface area contributed by atoms with Crippen molar-refractivity contribution in [2.24, 2.45) is 0 Å². The van der Waals surface area contributed by atoms with Crippen molar-refractivity contribution in [2.45, 2.75) is 6.29 Å². The molecule has 1 aliphatic rings. The first kappa shape index (κ1) is 4.36. The normalized spacial score (nSPS) is 23.7. The van der Waals surface area contributed by atoms with Crippen LogP contribution >= 0.6 is 0 Å². The summed E-state index contributed by atoms with van der Waals surface area (Å²) in [5.74, 6) is 0. The van der Waals surface area contributed by atoms with Crippen LogP contribution in [0.5, 0.6) is 0 Å². The third kappa shape index (κ3) is 0.792. The van der Waals surface area contributed by atoms with Gasteiger partial charge in [0, 0.05) is 0 Å². The fourth-order valence-electron chi connectivity index (χ4n) is 0.242. The Labute approximate surface area is 38.3 Å². The third-order valence-electron chi connectivity index (χ3n) is 0.466. The number of hydrogen-bond acceptors (Lipinski definition) is 2. The van der Waals surface area contributed by atoms with E-state index in [0.717, 1.165) is 12.5 Å². The van der Waals surface area contributed by atoms with Crippen LogP contribution in [0, 0.1) is 0 Å². The number of alkyl halides is 2. The first-order valence-electron chi connectivity index (χ1n) is 1.59. The van der Waals surface area contributed by atoms with E-state index in [-0.39, 0.29) is 0 Å².